The second kappa shape index (κ2) is 5.58. The van der Waals surface area contributed by atoms with E-state index in [4.69, 9.17) is 14.9 Å². The van der Waals surface area contributed by atoms with Crippen LogP contribution in [0.3, 0.4) is 0 Å². The fourth-order valence-corrected chi connectivity index (χ4v) is 2.83. The van der Waals surface area contributed by atoms with E-state index in [1.807, 2.05) is 0 Å². The van der Waals surface area contributed by atoms with Gasteiger partial charge >= 0.3 is 5.97 Å². The number of rotatable bonds is 5. The Balaban J connectivity index is 2.47. The minimum Gasteiger partial charge on any atom is -0.479 e. The summed E-state index contributed by atoms with van der Waals surface area (Å²) < 4.78 is 30.4. The van der Waals surface area contributed by atoms with Crippen molar-refractivity contribution in [1.29, 1.82) is 0 Å². The molecule has 1 fully saturated rings. The molecule has 0 spiro atoms. The average molecular weight is 253 g/mol. The topological polar surface area (TPSA) is 113 Å². The quantitative estimate of drug-likeness (QED) is 0.551. The van der Waals surface area contributed by atoms with Crippen LogP contribution in [0.5, 0.6) is 0 Å². The van der Waals surface area contributed by atoms with Gasteiger partial charge in [0.1, 0.15) is 0 Å². The van der Waals surface area contributed by atoms with Crippen LogP contribution in [0.1, 0.15) is 12.8 Å². The Hall–Kier alpha value is -0.700. The molecule has 0 bridgehead atoms. The highest BCUT2D eigenvalue weighted by Gasteiger charge is 2.28. The molecule has 0 radical (unpaired) electrons. The van der Waals surface area contributed by atoms with Gasteiger partial charge in [-0.2, -0.15) is 0 Å². The van der Waals surface area contributed by atoms with Crippen LogP contribution in [0.15, 0.2) is 0 Å². The molecule has 1 aliphatic rings. The maximum atomic E-state index is 11.6. The maximum absolute atomic E-state index is 11.6. The molecule has 16 heavy (non-hydrogen) atoms. The van der Waals surface area contributed by atoms with Crippen LogP contribution in [0.4, 0.5) is 0 Å². The van der Waals surface area contributed by atoms with E-state index in [2.05, 4.69) is 4.72 Å². The van der Waals surface area contributed by atoms with Crippen molar-refractivity contribution in [2.75, 3.05) is 19.8 Å². The van der Waals surface area contributed by atoms with Crippen molar-refractivity contribution in [2.24, 2.45) is 0 Å². The van der Waals surface area contributed by atoms with E-state index in [0.717, 1.165) is 0 Å². The van der Waals surface area contributed by atoms with Gasteiger partial charge in [-0.15, -0.1) is 0 Å². The van der Waals surface area contributed by atoms with Crippen LogP contribution in [0.25, 0.3) is 0 Å². The van der Waals surface area contributed by atoms with Gasteiger partial charge in [0.15, 0.2) is 6.10 Å². The number of ether oxygens (including phenoxy) is 1. The van der Waals surface area contributed by atoms with E-state index < -0.39 is 33.9 Å². The lowest BCUT2D eigenvalue weighted by atomic mass is 10.2. The van der Waals surface area contributed by atoms with Gasteiger partial charge < -0.3 is 14.9 Å². The lowest BCUT2D eigenvalue weighted by Crippen LogP contribution is -2.42. The van der Waals surface area contributed by atoms with Crippen molar-refractivity contribution < 1.29 is 28.2 Å². The van der Waals surface area contributed by atoms with Gasteiger partial charge in [-0.3, -0.25) is 0 Å². The third kappa shape index (κ3) is 3.71. The first-order valence-corrected chi connectivity index (χ1v) is 6.45. The highest BCUT2D eigenvalue weighted by molar-refractivity contribution is 7.90. The zero-order valence-corrected chi connectivity index (χ0v) is 9.44. The fraction of sp³-hybridized carbons (Fsp3) is 0.875. The Morgan fingerprint density at radius 2 is 2.00 bits per heavy atom. The van der Waals surface area contributed by atoms with Crippen LogP contribution in [0, 0.1) is 0 Å². The summed E-state index contributed by atoms with van der Waals surface area (Å²) in [6, 6.07) is 0. The molecule has 0 aromatic carbocycles. The fourth-order valence-electron chi connectivity index (χ4n) is 1.39. The Labute approximate surface area is 93.5 Å². The molecular formula is C8H15NO6S. The third-order valence-electron chi connectivity index (χ3n) is 2.37. The van der Waals surface area contributed by atoms with Crippen LogP contribution in [0.2, 0.25) is 0 Å². The van der Waals surface area contributed by atoms with Crippen molar-refractivity contribution in [1.82, 2.24) is 4.72 Å². The molecule has 1 unspecified atom stereocenters. The number of carboxylic acids is 1. The summed E-state index contributed by atoms with van der Waals surface area (Å²) in [5.41, 5.74) is 0. The highest BCUT2D eigenvalue weighted by atomic mass is 32.2. The number of hydrogen-bond donors (Lipinski definition) is 3. The first-order chi connectivity index (χ1) is 7.43. The summed E-state index contributed by atoms with van der Waals surface area (Å²) in [4.78, 5) is 10.3. The molecule has 0 aromatic rings. The molecule has 8 heteroatoms. The molecule has 3 N–H and O–H groups in total. The van der Waals surface area contributed by atoms with Gasteiger partial charge in [0.05, 0.1) is 5.25 Å². The Kier molecular flexibility index (Phi) is 4.66. The predicted octanol–water partition coefficient (Wildman–Crippen LogP) is -1.47. The highest BCUT2D eigenvalue weighted by Crippen LogP contribution is 2.14. The SMILES string of the molecule is O=C(O)C(O)CNS(=O)(=O)C1CCOCC1. The first kappa shape index (κ1) is 13.4. The molecule has 7 nitrogen and oxygen atoms in total. The lowest BCUT2D eigenvalue weighted by molar-refractivity contribution is -0.146. The Morgan fingerprint density at radius 1 is 1.44 bits per heavy atom. The molecular weight excluding hydrogens is 238 g/mol. The molecule has 94 valence electrons. The molecule has 0 saturated carbocycles. The van der Waals surface area contributed by atoms with Gasteiger partial charge in [-0.05, 0) is 12.8 Å². The minimum absolute atomic E-state index is 0.382. The Morgan fingerprint density at radius 3 is 2.50 bits per heavy atom. The predicted molar refractivity (Wildman–Crippen MR) is 54.4 cm³/mol. The Bertz CT molecular complexity index is 334. The molecule has 1 aliphatic heterocycles. The van der Waals surface area contributed by atoms with Gasteiger partial charge in [-0.25, -0.2) is 17.9 Å². The van der Waals surface area contributed by atoms with Gasteiger partial charge in [0, 0.05) is 19.8 Å². The smallest absolute Gasteiger partial charge is 0.333 e. The van der Waals surface area contributed by atoms with E-state index in [-0.39, 0.29) is 0 Å². The second-order valence-electron chi connectivity index (χ2n) is 3.56. The summed E-state index contributed by atoms with van der Waals surface area (Å²) in [5.74, 6) is -1.45. The number of aliphatic hydroxyl groups is 1. The number of sulfonamides is 1. The number of nitrogens with one attached hydrogen (secondary N) is 1. The first-order valence-electron chi connectivity index (χ1n) is 4.90. The van der Waals surface area contributed by atoms with Crippen LogP contribution in [-0.4, -0.2) is 55.7 Å². The van der Waals surface area contributed by atoms with Crippen molar-refractivity contribution in [3.63, 3.8) is 0 Å². The zero-order chi connectivity index (χ0) is 12.2. The summed E-state index contributed by atoms with van der Waals surface area (Å²) in [6.45, 7) is 0.259. The number of carbonyl (C=O) groups is 1. The van der Waals surface area contributed by atoms with E-state index in [1.165, 1.54) is 0 Å². The molecule has 1 heterocycles. The molecule has 0 amide bonds. The van der Waals surface area contributed by atoms with Crippen LogP contribution < -0.4 is 4.72 Å². The van der Waals surface area contributed by atoms with Crippen LogP contribution >= 0.6 is 0 Å². The number of aliphatic carboxylic acids is 1. The van der Waals surface area contributed by atoms with Gasteiger partial charge in [-0.1, -0.05) is 0 Å². The minimum atomic E-state index is -3.57. The second-order valence-corrected chi connectivity index (χ2v) is 5.60. The van der Waals surface area contributed by atoms with Crippen molar-refractivity contribution in [3.8, 4) is 0 Å². The number of hydrogen-bond acceptors (Lipinski definition) is 5. The summed E-state index contributed by atoms with van der Waals surface area (Å²) in [7, 11) is -3.57. The monoisotopic (exact) mass is 253 g/mol. The molecule has 1 atom stereocenters. The summed E-state index contributed by atoms with van der Waals surface area (Å²) >= 11 is 0. The van der Waals surface area contributed by atoms with E-state index in [9.17, 15) is 13.2 Å². The van der Waals surface area contributed by atoms with Crippen molar-refractivity contribution in [2.45, 2.75) is 24.2 Å². The normalized spacial score (nSPS) is 20.6. The maximum Gasteiger partial charge on any atom is 0.333 e. The average Bonchev–Trinajstić information content (AvgIpc) is 2.27. The van der Waals surface area contributed by atoms with Gasteiger partial charge in [0.2, 0.25) is 10.0 Å². The van der Waals surface area contributed by atoms with E-state index in [1.54, 1.807) is 0 Å². The van der Waals surface area contributed by atoms with E-state index in [0.29, 0.717) is 26.1 Å². The van der Waals surface area contributed by atoms with Crippen LogP contribution in [-0.2, 0) is 19.6 Å². The number of carboxylic acid groups (broad SMARTS) is 1. The van der Waals surface area contributed by atoms with E-state index >= 15 is 0 Å². The third-order valence-corrected chi connectivity index (χ3v) is 4.29. The molecule has 1 rings (SSSR count). The number of aliphatic hydroxyl groups excluding tert-OH is 1. The molecule has 1 saturated heterocycles. The van der Waals surface area contributed by atoms with Gasteiger partial charge in [0.25, 0.3) is 0 Å². The molecule has 0 aromatic heterocycles. The van der Waals surface area contributed by atoms with Crippen molar-refractivity contribution in [3.05, 3.63) is 0 Å². The molecule has 0 aliphatic carbocycles. The summed E-state index contributed by atoms with van der Waals surface area (Å²) in [5, 5.41) is 16.8. The van der Waals surface area contributed by atoms with Crippen molar-refractivity contribution >= 4 is 16.0 Å². The standard InChI is InChI=1S/C8H15NO6S/c10-7(8(11)12)5-9-16(13,14)6-1-3-15-4-2-6/h6-7,9-10H,1-5H2,(H,11,12). The summed E-state index contributed by atoms with van der Waals surface area (Å²) in [6.07, 6.45) is -0.939. The lowest BCUT2D eigenvalue weighted by Gasteiger charge is -2.22. The largest absolute Gasteiger partial charge is 0.479 e. The zero-order valence-electron chi connectivity index (χ0n) is 8.63.